The molecule has 0 heterocycles. The molecular formula is C7H13NO3S2. The molecule has 0 amide bonds. The molecule has 76 valence electrons. The van der Waals surface area contributed by atoms with Crippen molar-refractivity contribution < 1.29 is 14.7 Å². The van der Waals surface area contributed by atoms with E-state index in [1.54, 1.807) is 0 Å². The highest BCUT2D eigenvalue weighted by Crippen LogP contribution is 2.08. The summed E-state index contributed by atoms with van der Waals surface area (Å²) in [7, 11) is 0. The molecule has 0 aliphatic rings. The second-order valence-electron chi connectivity index (χ2n) is 2.68. The van der Waals surface area contributed by atoms with Gasteiger partial charge in [0.1, 0.15) is 0 Å². The van der Waals surface area contributed by atoms with Crippen LogP contribution in [0.4, 0.5) is 0 Å². The summed E-state index contributed by atoms with van der Waals surface area (Å²) in [5.41, 5.74) is 5.38. The van der Waals surface area contributed by atoms with Gasteiger partial charge in [-0.15, -0.1) is 0 Å². The van der Waals surface area contributed by atoms with E-state index in [-0.39, 0.29) is 23.7 Å². The summed E-state index contributed by atoms with van der Waals surface area (Å²) in [6, 6.07) is -0.676. The van der Waals surface area contributed by atoms with Crippen molar-refractivity contribution in [3.05, 3.63) is 0 Å². The summed E-state index contributed by atoms with van der Waals surface area (Å²) < 4.78 is 0. The van der Waals surface area contributed by atoms with Crippen molar-refractivity contribution in [3.63, 3.8) is 0 Å². The van der Waals surface area contributed by atoms with Crippen LogP contribution in [0, 0.1) is 5.92 Å². The number of carbonyl (C=O) groups excluding carboxylic acids is 1. The number of hydrogen-bond donors (Lipinski definition) is 4. The predicted octanol–water partition coefficient (Wildman–Crippen LogP) is -0.167. The number of hydrogen-bond acceptors (Lipinski definition) is 5. The van der Waals surface area contributed by atoms with Gasteiger partial charge in [0, 0.05) is 17.9 Å². The highest BCUT2D eigenvalue weighted by molar-refractivity contribution is 7.80. The number of ketones is 1. The largest absolute Gasteiger partial charge is 0.481 e. The molecule has 0 rings (SSSR count). The van der Waals surface area contributed by atoms with Crippen molar-refractivity contribution in [2.24, 2.45) is 11.7 Å². The van der Waals surface area contributed by atoms with Gasteiger partial charge >= 0.3 is 5.97 Å². The van der Waals surface area contributed by atoms with Gasteiger partial charge in [0.15, 0.2) is 5.78 Å². The molecule has 2 atom stereocenters. The number of carboxylic acids is 1. The molecule has 0 saturated heterocycles. The standard InChI is InChI=1S/C7H13NO3S2/c8-5(3-13)6(9)1-4(2-12)7(10)11/h4-5,12-13H,1-3,8H2,(H,10,11). The number of Topliss-reactive ketones (excluding diaryl/α,β-unsaturated/α-hetero) is 1. The zero-order chi connectivity index (χ0) is 10.4. The topological polar surface area (TPSA) is 80.4 Å². The molecule has 0 saturated carbocycles. The Morgan fingerprint density at radius 2 is 1.85 bits per heavy atom. The molecule has 13 heavy (non-hydrogen) atoms. The first kappa shape index (κ1) is 12.8. The lowest BCUT2D eigenvalue weighted by Gasteiger charge is -2.11. The van der Waals surface area contributed by atoms with E-state index in [9.17, 15) is 9.59 Å². The molecular weight excluding hydrogens is 210 g/mol. The lowest BCUT2D eigenvalue weighted by molar-refractivity contribution is -0.142. The van der Waals surface area contributed by atoms with Gasteiger partial charge in [0.2, 0.25) is 0 Å². The van der Waals surface area contributed by atoms with E-state index in [1.165, 1.54) is 0 Å². The predicted molar refractivity (Wildman–Crippen MR) is 56.4 cm³/mol. The van der Waals surface area contributed by atoms with Gasteiger partial charge in [0.25, 0.3) is 0 Å². The molecule has 0 bridgehead atoms. The minimum atomic E-state index is -1.02. The molecule has 0 fully saturated rings. The van der Waals surface area contributed by atoms with Crippen molar-refractivity contribution in [1.29, 1.82) is 0 Å². The van der Waals surface area contributed by atoms with Crippen molar-refractivity contribution >= 4 is 37.0 Å². The number of nitrogens with two attached hydrogens (primary N) is 1. The molecule has 0 aromatic carbocycles. The fourth-order valence-electron chi connectivity index (χ4n) is 0.726. The third-order valence-corrected chi connectivity index (χ3v) is 2.46. The van der Waals surface area contributed by atoms with E-state index < -0.39 is 17.9 Å². The normalized spacial score (nSPS) is 15.0. The molecule has 0 radical (unpaired) electrons. The van der Waals surface area contributed by atoms with Crippen LogP contribution in [0.2, 0.25) is 0 Å². The van der Waals surface area contributed by atoms with Crippen LogP contribution < -0.4 is 5.73 Å². The van der Waals surface area contributed by atoms with Gasteiger partial charge in [-0.25, -0.2) is 0 Å². The van der Waals surface area contributed by atoms with Crippen LogP contribution in [0.3, 0.4) is 0 Å². The van der Waals surface area contributed by atoms with Crippen molar-refractivity contribution in [2.45, 2.75) is 12.5 Å². The van der Waals surface area contributed by atoms with Crippen molar-refractivity contribution in [2.75, 3.05) is 11.5 Å². The van der Waals surface area contributed by atoms with Gasteiger partial charge in [-0.1, -0.05) is 0 Å². The zero-order valence-corrected chi connectivity index (χ0v) is 8.80. The Hall–Kier alpha value is -0.200. The average molecular weight is 223 g/mol. The van der Waals surface area contributed by atoms with E-state index in [0.717, 1.165) is 0 Å². The summed E-state index contributed by atoms with van der Waals surface area (Å²) in [4.78, 5) is 21.7. The van der Waals surface area contributed by atoms with Gasteiger partial charge in [-0.3, -0.25) is 9.59 Å². The highest BCUT2D eigenvalue weighted by Gasteiger charge is 2.22. The summed E-state index contributed by atoms with van der Waals surface area (Å²) in [5.74, 6) is -1.68. The number of rotatable bonds is 6. The molecule has 3 N–H and O–H groups in total. The molecule has 2 unspecified atom stereocenters. The third-order valence-electron chi connectivity index (χ3n) is 1.63. The molecule has 6 heteroatoms. The Morgan fingerprint density at radius 1 is 1.31 bits per heavy atom. The fraction of sp³-hybridized carbons (Fsp3) is 0.714. The van der Waals surface area contributed by atoms with Crippen LogP contribution in [0.25, 0.3) is 0 Å². The minimum Gasteiger partial charge on any atom is -0.481 e. The van der Waals surface area contributed by atoms with Gasteiger partial charge in [0.05, 0.1) is 12.0 Å². The van der Waals surface area contributed by atoms with Crippen LogP contribution >= 0.6 is 25.3 Å². The van der Waals surface area contributed by atoms with Crippen LogP contribution in [0.1, 0.15) is 6.42 Å². The Bertz CT molecular complexity index is 198. The number of carboxylic acid groups (broad SMARTS) is 1. The smallest absolute Gasteiger partial charge is 0.307 e. The first-order valence-corrected chi connectivity index (χ1v) is 5.02. The molecule has 0 aliphatic carbocycles. The Labute approximate surface area is 87.7 Å². The van der Waals surface area contributed by atoms with Gasteiger partial charge in [-0.2, -0.15) is 25.3 Å². The monoisotopic (exact) mass is 223 g/mol. The highest BCUT2D eigenvalue weighted by atomic mass is 32.1. The molecule has 0 aliphatic heterocycles. The molecule has 0 aromatic rings. The average Bonchev–Trinajstić information content (AvgIpc) is 2.11. The van der Waals surface area contributed by atoms with Crippen LogP contribution in [0.5, 0.6) is 0 Å². The van der Waals surface area contributed by atoms with E-state index in [0.29, 0.717) is 0 Å². The van der Waals surface area contributed by atoms with E-state index in [1.807, 2.05) is 0 Å². The van der Waals surface area contributed by atoms with Gasteiger partial charge < -0.3 is 10.8 Å². The van der Waals surface area contributed by atoms with Crippen LogP contribution in [-0.4, -0.2) is 34.4 Å². The van der Waals surface area contributed by atoms with Crippen LogP contribution in [0.15, 0.2) is 0 Å². The van der Waals surface area contributed by atoms with Gasteiger partial charge in [-0.05, 0) is 0 Å². The summed E-state index contributed by atoms with van der Waals surface area (Å²) in [6.07, 6.45) is -0.0689. The first-order chi connectivity index (χ1) is 6.02. The third kappa shape index (κ3) is 4.54. The summed E-state index contributed by atoms with van der Waals surface area (Å²) in [5, 5.41) is 8.62. The number of carbonyl (C=O) groups is 2. The first-order valence-electron chi connectivity index (χ1n) is 3.75. The zero-order valence-electron chi connectivity index (χ0n) is 7.01. The summed E-state index contributed by atoms with van der Waals surface area (Å²) >= 11 is 7.68. The summed E-state index contributed by atoms with van der Waals surface area (Å²) in [6.45, 7) is 0. The van der Waals surface area contributed by atoms with Crippen molar-refractivity contribution in [1.82, 2.24) is 0 Å². The second kappa shape index (κ2) is 6.28. The van der Waals surface area contributed by atoms with E-state index in [4.69, 9.17) is 10.8 Å². The Morgan fingerprint density at radius 3 is 2.15 bits per heavy atom. The SMILES string of the molecule is NC(CS)C(=O)CC(CS)C(=O)O. The minimum absolute atomic E-state index is 0.0689. The number of aliphatic carboxylic acids is 1. The maximum atomic E-state index is 11.2. The molecule has 4 nitrogen and oxygen atoms in total. The quantitative estimate of drug-likeness (QED) is 0.471. The van der Waals surface area contributed by atoms with Crippen molar-refractivity contribution in [3.8, 4) is 0 Å². The fourth-order valence-corrected chi connectivity index (χ4v) is 1.21. The maximum Gasteiger partial charge on any atom is 0.307 e. The van der Waals surface area contributed by atoms with E-state index >= 15 is 0 Å². The Kier molecular flexibility index (Phi) is 6.19. The molecule has 0 aromatic heterocycles. The van der Waals surface area contributed by atoms with E-state index in [2.05, 4.69) is 25.3 Å². The lowest BCUT2D eigenvalue weighted by Crippen LogP contribution is -2.35. The molecule has 0 spiro atoms. The second-order valence-corrected chi connectivity index (χ2v) is 3.41. The van der Waals surface area contributed by atoms with Crippen LogP contribution in [-0.2, 0) is 9.59 Å². The lowest BCUT2D eigenvalue weighted by atomic mass is 10.0. The number of thiol groups is 2. The maximum absolute atomic E-state index is 11.2. The Balaban J connectivity index is 4.09.